The number of aromatic carboxylic acids is 1. The van der Waals surface area contributed by atoms with Gasteiger partial charge in [0.05, 0.1) is 5.52 Å². The fraction of sp³-hybridized carbons (Fsp3) is 0.222. The van der Waals surface area contributed by atoms with Gasteiger partial charge in [-0.25, -0.2) is 9.78 Å². The van der Waals surface area contributed by atoms with Crippen molar-refractivity contribution in [2.24, 2.45) is 5.92 Å². The molecule has 0 atom stereocenters. The van der Waals surface area contributed by atoms with E-state index in [0.29, 0.717) is 16.8 Å². The average Bonchev–Trinajstić information content (AvgIpc) is 2.84. The highest BCUT2D eigenvalue weighted by Crippen LogP contribution is 2.28. The van der Waals surface area contributed by atoms with E-state index >= 15 is 0 Å². The van der Waals surface area contributed by atoms with E-state index < -0.39 is 5.97 Å². The van der Waals surface area contributed by atoms with Crippen molar-refractivity contribution < 1.29 is 9.90 Å². The standard InChI is InChI=1S/C18H17ClN2O2/c1-11(2)8-12-10-21(16-9-13(19)6-7-14(12)16)17-5-3-4-15(20-17)18(22)23/h3-7,9-11H,8H2,1-2H3,(H,22,23). The molecule has 1 aromatic carbocycles. The number of carbonyl (C=O) groups is 1. The Balaban J connectivity index is 2.22. The molecule has 0 aliphatic heterocycles. The van der Waals surface area contributed by atoms with Gasteiger partial charge in [-0.2, -0.15) is 0 Å². The second-order valence-electron chi connectivity index (χ2n) is 5.97. The molecule has 118 valence electrons. The van der Waals surface area contributed by atoms with Crippen molar-refractivity contribution >= 4 is 28.5 Å². The number of carboxylic acid groups (broad SMARTS) is 1. The van der Waals surface area contributed by atoms with Crippen LogP contribution in [0.1, 0.15) is 29.9 Å². The van der Waals surface area contributed by atoms with Gasteiger partial charge in [-0.05, 0) is 42.2 Å². The summed E-state index contributed by atoms with van der Waals surface area (Å²) in [7, 11) is 0. The first-order chi connectivity index (χ1) is 11.0. The number of hydrogen-bond donors (Lipinski definition) is 1. The van der Waals surface area contributed by atoms with Crippen molar-refractivity contribution in [1.82, 2.24) is 9.55 Å². The molecule has 0 unspecified atom stereocenters. The van der Waals surface area contributed by atoms with Crippen LogP contribution in [0.25, 0.3) is 16.7 Å². The lowest BCUT2D eigenvalue weighted by Crippen LogP contribution is -2.04. The van der Waals surface area contributed by atoms with Gasteiger partial charge in [-0.3, -0.25) is 0 Å². The van der Waals surface area contributed by atoms with Crippen LogP contribution in [0.4, 0.5) is 0 Å². The maximum Gasteiger partial charge on any atom is 0.354 e. The summed E-state index contributed by atoms with van der Waals surface area (Å²) in [6, 6.07) is 10.7. The number of pyridine rings is 1. The molecule has 0 spiro atoms. The Kier molecular flexibility index (Phi) is 4.09. The van der Waals surface area contributed by atoms with E-state index in [0.717, 1.165) is 17.3 Å². The smallest absolute Gasteiger partial charge is 0.354 e. The minimum atomic E-state index is -1.04. The fourth-order valence-corrected chi connectivity index (χ4v) is 2.91. The quantitative estimate of drug-likeness (QED) is 0.763. The normalized spacial score (nSPS) is 11.3. The SMILES string of the molecule is CC(C)Cc1cn(-c2cccc(C(=O)O)n2)c2cc(Cl)ccc12. The summed E-state index contributed by atoms with van der Waals surface area (Å²) in [5, 5.41) is 10.9. The van der Waals surface area contributed by atoms with Crippen LogP contribution in [0, 0.1) is 5.92 Å². The molecule has 3 rings (SSSR count). The number of aromatic nitrogens is 2. The first-order valence-electron chi connectivity index (χ1n) is 7.46. The zero-order valence-corrected chi connectivity index (χ0v) is 13.7. The Bertz CT molecular complexity index is 884. The number of nitrogens with zero attached hydrogens (tertiary/aromatic N) is 2. The first kappa shape index (κ1) is 15.6. The van der Waals surface area contributed by atoms with Gasteiger partial charge in [0, 0.05) is 16.6 Å². The van der Waals surface area contributed by atoms with E-state index in [1.54, 1.807) is 12.1 Å². The zero-order valence-electron chi connectivity index (χ0n) is 13.0. The van der Waals surface area contributed by atoms with Gasteiger partial charge in [-0.15, -0.1) is 0 Å². The van der Waals surface area contributed by atoms with Crippen LogP contribution in [0.15, 0.2) is 42.6 Å². The van der Waals surface area contributed by atoms with Crippen LogP contribution < -0.4 is 0 Å². The predicted octanol–water partition coefficient (Wildman–Crippen LogP) is 4.58. The second kappa shape index (κ2) is 6.05. The van der Waals surface area contributed by atoms with Crippen molar-refractivity contribution in [2.75, 3.05) is 0 Å². The van der Waals surface area contributed by atoms with Gasteiger partial charge in [0.15, 0.2) is 5.69 Å². The number of carboxylic acids is 1. The molecule has 0 aliphatic carbocycles. The number of hydrogen-bond acceptors (Lipinski definition) is 2. The van der Waals surface area contributed by atoms with Crippen molar-refractivity contribution in [2.45, 2.75) is 20.3 Å². The molecule has 0 amide bonds. The highest BCUT2D eigenvalue weighted by Gasteiger charge is 2.13. The van der Waals surface area contributed by atoms with Crippen LogP contribution >= 0.6 is 11.6 Å². The minimum absolute atomic E-state index is 0.0248. The summed E-state index contributed by atoms with van der Waals surface area (Å²) in [5.74, 6) is 0.0546. The lowest BCUT2D eigenvalue weighted by Gasteiger charge is -2.05. The molecule has 23 heavy (non-hydrogen) atoms. The maximum absolute atomic E-state index is 11.2. The molecular weight excluding hydrogens is 312 g/mol. The number of rotatable bonds is 4. The summed E-state index contributed by atoms with van der Waals surface area (Å²) in [5.41, 5.74) is 2.16. The molecule has 2 aromatic heterocycles. The topological polar surface area (TPSA) is 55.1 Å². The highest BCUT2D eigenvalue weighted by molar-refractivity contribution is 6.31. The number of benzene rings is 1. The Hall–Kier alpha value is -2.33. The zero-order chi connectivity index (χ0) is 16.6. The van der Waals surface area contributed by atoms with Gasteiger partial charge < -0.3 is 9.67 Å². The third-order valence-electron chi connectivity index (χ3n) is 3.68. The molecule has 5 heteroatoms. The van der Waals surface area contributed by atoms with Gasteiger partial charge in [0.1, 0.15) is 5.82 Å². The second-order valence-corrected chi connectivity index (χ2v) is 6.41. The van der Waals surface area contributed by atoms with E-state index in [1.165, 1.54) is 11.6 Å². The van der Waals surface area contributed by atoms with Crippen molar-refractivity contribution in [3.63, 3.8) is 0 Å². The molecule has 1 N–H and O–H groups in total. The van der Waals surface area contributed by atoms with E-state index in [4.69, 9.17) is 16.7 Å². The minimum Gasteiger partial charge on any atom is -0.477 e. The third kappa shape index (κ3) is 3.08. The largest absolute Gasteiger partial charge is 0.477 e. The lowest BCUT2D eigenvalue weighted by molar-refractivity contribution is 0.0690. The Morgan fingerprint density at radius 2 is 2.09 bits per heavy atom. The van der Waals surface area contributed by atoms with Crippen molar-refractivity contribution in [3.05, 3.63) is 58.9 Å². The van der Waals surface area contributed by atoms with E-state index in [2.05, 4.69) is 18.8 Å². The Morgan fingerprint density at radius 1 is 1.30 bits per heavy atom. The van der Waals surface area contributed by atoms with Crippen LogP contribution in [-0.2, 0) is 6.42 Å². The Labute approximate surface area is 139 Å². The van der Waals surface area contributed by atoms with Crippen LogP contribution in [-0.4, -0.2) is 20.6 Å². The van der Waals surface area contributed by atoms with Gasteiger partial charge >= 0.3 is 5.97 Å². The molecule has 2 heterocycles. The van der Waals surface area contributed by atoms with Crippen LogP contribution in [0.2, 0.25) is 5.02 Å². The molecule has 0 aliphatic rings. The average molecular weight is 329 g/mol. The lowest BCUT2D eigenvalue weighted by atomic mass is 10.0. The molecule has 0 bridgehead atoms. The van der Waals surface area contributed by atoms with Crippen molar-refractivity contribution in [3.8, 4) is 5.82 Å². The van der Waals surface area contributed by atoms with Crippen LogP contribution in [0.3, 0.4) is 0 Å². The molecule has 0 fully saturated rings. The fourth-order valence-electron chi connectivity index (χ4n) is 2.74. The van der Waals surface area contributed by atoms with Gasteiger partial charge in [0.25, 0.3) is 0 Å². The monoisotopic (exact) mass is 328 g/mol. The maximum atomic E-state index is 11.2. The molecule has 0 radical (unpaired) electrons. The molecule has 4 nitrogen and oxygen atoms in total. The number of fused-ring (bicyclic) bond motifs is 1. The van der Waals surface area contributed by atoms with Gasteiger partial charge in [-0.1, -0.05) is 37.6 Å². The molecule has 0 saturated carbocycles. The first-order valence-corrected chi connectivity index (χ1v) is 7.83. The van der Waals surface area contributed by atoms with E-state index in [-0.39, 0.29) is 5.69 Å². The molecule has 3 aromatic rings. The third-order valence-corrected chi connectivity index (χ3v) is 3.91. The summed E-state index contributed by atoms with van der Waals surface area (Å²) < 4.78 is 1.91. The van der Waals surface area contributed by atoms with Crippen molar-refractivity contribution in [1.29, 1.82) is 0 Å². The predicted molar refractivity (Wildman–Crippen MR) is 91.6 cm³/mol. The summed E-state index contributed by atoms with van der Waals surface area (Å²) in [6.07, 6.45) is 2.96. The molecular formula is C18H17ClN2O2. The summed E-state index contributed by atoms with van der Waals surface area (Å²) in [6.45, 7) is 4.34. The van der Waals surface area contributed by atoms with E-state index in [1.807, 2.05) is 29.0 Å². The van der Waals surface area contributed by atoms with Gasteiger partial charge in [0.2, 0.25) is 0 Å². The summed E-state index contributed by atoms with van der Waals surface area (Å²) in [4.78, 5) is 15.4. The summed E-state index contributed by atoms with van der Waals surface area (Å²) >= 11 is 6.15. The van der Waals surface area contributed by atoms with E-state index in [9.17, 15) is 4.79 Å². The Morgan fingerprint density at radius 3 is 2.78 bits per heavy atom. The van der Waals surface area contributed by atoms with Crippen LogP contribution in [0.5, 0.6) is 0 Å². The molecule has 0 saturated heterocycles. The highest BCUT2D eigenvalue weighted by atomic mass is 35.5. The number of halogens is 1.